The Morgan fingerprint density at radius 1 is 1.12 bits per heavy atom. The van der Waals surface area contributed by atoms with E-state index in [-0.39, 0.29) is 16.7 Å². The molecule has 0 bridgehead atoms. The summed E-state index contributed by atoms with van der Waals surface area (Å²) in [6.45, 7) is 6.38. The lowest BCUT2D eigenvalue weighted by Gasteiger charge is -2.10. The number of sulfonamides is 1. The van der Waals surface area contributed by atoms with Crippen molar-refractivity contribution < 1.29 is 13.2 Å². The summed E-state index contributed by atoms with van der Waals surface area (Å²) in [5.74, 6) is 0.0399. The topological polar surface area (TPSA) is 75.3 Å². The van der Waals surface area contributed by atoms with E-state index in [4.69, 9.17) is 0 Å². The number of fused-ring (bicyclic) bond motifs is 1. The minimum absolute atomic E-state index is 0.104. The van der Waals surface area contributed by atoms with Crippen LogP contribution in [0.4, 0.5) is 5.69 Å². The Labute approximate surface area is 154 Å². The van der Waals surface area contributed by atoms with Crippen molar-refractivity contribution in [2.75, 3.05) is 11.9 Å². The molecule has 1 aliphatic heterocycles. The molecule has 2 N–H and O–H groups in total. The Kier molecular flexibility index (Phi) is 5.16. The summed E-state index contributed by atoms with van der Waals surface area (Å²) < 4.78 is 27.7. The number of anilines is 1. The van der Waals surface area contributed by atoms with Crippen LogP contribution in [-0.2, 0) is 21.2 Å². The van der Waals surface area contributed by atoms with Gasteiger partial charge in [-0.15, -0.1) is 0 Å². The average Bonchev–Trinajstić information content (AvgIpc) is 2.89. The number of nitrogens with one attached hydrogen (secondary N) is 2. The van der Waals surface area contributed by atoms with Crippen molar-refractivity contribution in [3.63, 3.8) is 0 Å². The van der Waals surface area contributed by atoms with Gasteiger partial charge in [-0.25, -0.2) is 13.1 Å². The predicted octanol–water partition coefficient (Wildman–Crippen LogP) is 3.39. The van der Waals surface area contributed by atoms with Gasteiger partial charge in [-0.05, 0) is 54.2 Å². The van der Waals surface area contributed by atoms with Gasteiger partial charge in [0.1, 0.15) is 0 Å². The molecule has 26 heavy (non-hydrogen) atoms. The Bertz CT molecular complexity index is 919. The fraction of sp³-hybridized carbons (Fsp3) is 0.350. The quantitative estimate of drug-likeness (QED) is 0.816. The summed E-state index contributed by atoms with van der Waals surface area (Å²) in [6.07, 6.45) is 0.624. The highest BCUT2D eigenvalue weighted by molar-refractivity contribution is 7.89. The Morgan fingerprint density at radius 3 is 2.46 bits per heavy atom. The standard InChI is InChI=1S/C20H24N2O3S/c1-13(2)16-6-4-15(5-7-16)10-11-21-26(24,25)17-8-9-19-18(12-17)14(3)20(23)22-19/h4-9,12-14,21H,10-11H2,1-3H3,(H,22,23)/t14-/m1/s1. The van der Waals surface area contributed by atoms with Crippen molar-refractivity contribution >= 4 is 21.6 Å². The molecule has 0 aliphatic carbocycles. The third kappa shape index (κ3) is 3.81. The molecule has 1 heterocycles. The first kappa shape index (κ1) is 18.6. The van der Waals surface area contributed by atoms with E-state index in [0.29, 0.717) is 24.6 Å². The summed E-state index contributed by atoms with van der Waals surface area (Å²) in [6, 6.07) is 13.0. The first-order chi connectivity index (χ1) is 12.3. The molecule has 0 saturated heterocycles. The number of hydrogen-bond acceptors (Lipinski definition) is 3. The molecule has 1 aliphatic rings. The van der Waals surface area contributed by atoms with Crippen LogP contribution in [0.3, 0.4) is 0 Å². The van der Waals surface area contributed by atoms with E-state index in [9.17, 15) is 13.2 Å². The van der Waals surface area contributed by atoms with Crippen LogP contribution in [0, 0.1) is 0 Å². The van der Waals surface area contributed by atoms with Crippen LogP contribution < -0.4 is 10.0 Å². The van der Waals surface area contributed by atoms with Gasteiger partial charge in [0.25, 0.3) is 0 Å². The van der Waals surface area contributed by atoms with Gasteiger partial charge in [0, 0.05) is 12.2 Å². The lowest BCUT2D eigenvalue weighted by molar-refractivity contribution is -0.116. The molecule has 138 valence electrons. The third-order valence-corrected chi connectivity index (χ3v) is 6.26. The first-order valence-electron chi connectivity index (χ1n) is 8.81. The predicted molar refractivity (Wildman–Crippen MR) is 103 cm³/mol. The van der Waals surface area contributed by atoms with Gasteiger partial charge in [0.2, 0.25) is 15.9 Å². The van der Waals surface area contributed by atoms with Crippen molar-refractivity contribution in [1.82, 2.24) is 4.72 Å². The molecule has 0 fully saturated rings. The van der Waals surface area contributed by atoms with E-state index >= 15 is 0 Å². The molecule has 2 aromatic rings. The van der Waals surface area contributed by atoms with Gasteiger partial charge in [-0.3, -0.25) is 4.79 Å². The molecule has 0 radical (unpaired) electrons. The summed E-state index contributed by atoms with van der Waals surface area (Å²) in [7, 11) is -3.60. The zero-order valence-electron chi connectivity index (χ0n) is 15.2. The van der Waals surface area contributed by atoms with E-state index in [1.165, 1.54) is 11.6 Å². The van der Waals surface area contributed by atoms with Crippen molar-refractivity contribution in [3.05, 3.63) is 59.2 Å². The Hall–Kier alpha value is -2.18. The fourth-order valence-corrected chi connectivity index (χ4v) is 4.11. The molecule has 0 spiro atoms. The van der Waals surface area contributed by atoms with Crippen molar-refractivity contribution in [1.29, 1.82) is 0 Å². The molecule has 0 saturated carbocycles. The highest BCUT2D eigenvalue weighted by Gasteiger charge is 2.28. The van der Waals surface area contributed by atoms with Gasteiger partial charge in [-0.1, -0.05) is 38.1 Å². The van der Waals surface area contributed by atoms with E-state index in [1.807, 2.05) is 12.1 Å². The van der Waals surface area contributed by atoms with E-state index in [0.717, 1.165) is 11.1 Å². The second kappa shape index (κ2) is 7.21. The smallest absolute Gasteiger partial charge is 0.240 e. The molecule has 1 atom stereocenters. The van der Waals surface area contributed by atoms with Crippen LogP contribution in [-0.4, -0.2) is 20.9 Å². The van der Waals surface area contributed by atoms with E-state index in [1.54, 1.807) is 19.1 Å². The lowest BCUT2D eigenvalue weighted by atomic mass is 10.0. The molecule has 0 aromatic heterocycles. The molecule has 2 aromatic carbocycles. The van der Waals surface area contributed by atoms with E-state index in [2.05, 4.69) is 36.0 Å². The molecule has 3 rings (SSSR count). The Balaban J connectivity index is 1.65. The number of carbonyl (C=O) groups is 1. The van der Waals surface area contributed by atoms with Crippen LogP contribution in [0.1, 0.15) is 49.3 Å². The zero-order valence-corrected chi connectivity index (χ0v) is 16.1. The van der Waals surface area contributed by atoms with Crippen molar-refractivity contribution in [3.8, 4) is 0 Å². The summed E-state index contributed by atoms with van der Waals surface area (Å²) in [5, 5.41) is 2.75. The van der Waals surface area contributed by atoms with E-state index < -0.39 is 10.0 Å². The zero-order chi connectivity index (χ0) is 18.9. The maximum atomic E-state index is 12.5. The average molecular weight is 372 g/mol. The molecule has 6 heteroatoms. The van der Waals surface area contributed by atoms with Crippen molar-refractivity contribution in [2.24, 2.45) is 0 Å². The summed E-state index contributed by atoms with van der Waals surface area (Å²) in [4.78, 5) is 11.9. The minimum Gasteiger partial charge on any atom is -0.325 e. The largest absolute Gasteiger partial charge is 0.325 e. The lowest BCUT2D eigenvalue weighted by Crippen LogP contribution is -2.26. The van der Waals surface area contributed by atoms with Crippen LogP contribution in [0.15, 0.2) is 47.4 Å². The number of benzene rings is 2. The third-order valence-electron chi connectivity index (χ3n) is 4.80. The summed E-state index contributed by atoms with van der Waals surface area (Å²) >= 11 is 0. The van der Waals surface area contributed by atoms with Crippen LogP contribution in [0.25, 0.3) is 0 Å². The van der Waals surface area contributed by atoms with Crippen LogP contribution in [0.5, 0.6) is 0 Å². The maximum absolute atomic E-state index is 12.5. The van der Waals surface area contributed by atoms with Gasteiger partial charge < -0.3 is 5.32 Å². The second-order valence-corrected chi connectivity index (χ2v) is 8.77. The van der Waals surface area contributed by atoms with Gasteiger partial charge in [0.15, 0.2) is 0 Å². The molecule has 0 unspecified atom stereocenters. The Morgan fingerprint density at radius 2 is 1.81 bits per heavy atom. The SMILES string of the molecule is CC(C)c1ccc(CCNS(=O)(=O)c2ccc3c(c2)[C@@H](C)C(=O)N3)cc1. The number of amides is 1. The van der Waals surface area contributed by atoms with Crippen LogP contribution >= 0.6 is 0 Å². The number of hydrogen-bond donors (Lipinski definition) is 2. The monoisotopic (exact) mass is 372 g/mol. The fourth-order valence-electron chi connectivity index (χ4n) is 3.04. The highest BCUT2D eigenvalue weighted by Crippen LogP contribution is 2.33. The molecular formula is C20H24N2O3S. The second-order valence-electron chi connectivity index (χ2n) is 7.00. The molecular weight excluding hydrogens is 348 g/mol. The van der Waals surface area contributed by atoms with Gasteiger partial charge in [-0.2, -0.15) is 0 Å². The maximum Gasteiger partial charge on any atom is 0.240 e. The molecule has 5 nitrogen and oxygen atoms in total. The minimum atomic E-state index is -3.60. The molecule has 1 amide bonds. The highest BCUT2D eigenvalue weighted by atomic mass is 32.2. The van der Waals surface area contributed by atoms with Crippen LogP contribution in [0.2, 0.25) is 0 Å². The number of rotatable bonds is 6. The van der Waals surface area contributed by atoms with Gasteiger partial charge >= 0.3 is 0 Å². The number of carbonyl (C=O) groups excluding carboxylic acids is 1. The first-order valence-corrected chi connectivity index (χ1v) is 10.3. The normalized spacial score (nSPS) is 16.6. The summed E-state index contributed by atoms with van der Waals surface area (Å²) in [5.41, 5.74) is 3.77. The van der Waals surface area contributed by atoms with Crippen molar-refractivity contribution in [2.45, 2.75) is 43.9 Å². The van der Waals surface area contributed by atoms with Gasteiger partial charge in [0.05, 0.1) is 10.8 Å².